The van der Waals surface area contributed by atoms with Crippen LogP contribution in [0.2, 0.25) is 0 Å². The number of ether oxygens (including phenoxy) is 1. The topological polar surface area (TPSA) is 59.0 Å². The van der Waals surface area contributed by atoms with Gasteiger partial charge in [0.25, 0.3) is 0 Å². The number of hydrogen-bond donors (Lipinski definition) is 0. The minimum absolute atomic E-state index is 0.0361. The first-order chi connectivity index (χ1) is 9.38. The van der Waals surface area contributed by atoms with Crippen LogP contribution in [-0.2, 0) is 9.53 Å². The molecule has 1 unspecified atom stereocenters. The number of nitrogens with zero attached hydrogens (tertiary/aromatic N) is 2. The van der Waals surface area contributed by atoms with Crippen LogP contribution in [0, 0.1) is 5.41 Å². The van der Waals surface area contributed by atoms with E-state index >= 15 is 0 Å². The lowest BCUT2D eigenvalue weighted by Crippen LogP contribution is -2.58. The van der Waals surface area contributed by atoms with Gasteiger partial charge >= 0.3 is 6.09 Å². The van der Waals surface area contributed by atoms with E-state index in [0.29, 0.717) is 6.54 Å². The van der Waals surface area contributed by atoms with Gasteiger partial charge in [-0.3, -0.25) is 0 Å². The van der Waals surface area contributed by atoms with Crippen LogP contribution >= 0.6 is 0 Å². The fourth-order valence-corrected chi connectivity index (χ4v) is 2.77. The number of amides is 1. The van der Waals surface area contributed by atoms with Gasteiger partial charge in [0.05, 0.1) is 11.6 Å². The summed E-state index contributed by atoms with van der Waals surface area (Å²) in [5.74, 6) is 0. The summed E-state index contributed by atoms with van der Waals surface area (Å²) in [6, 6.07) is -0.151. The van der Waals surface area contributed by atoms with Gasteiger partial charge in [-0.25, -0.2) is 9.59 Å². The van der Waals surface area contributed by atoms with Gasteiger partial charge in [0.15, 0.2) is 0 Å². The van der Waals surface area contributed by atoms with Crippen LogP contribution < -0.4 is 0 Å². The molecule has 1 aliphatic rings. The normalized spacial score (nSPS) is 22.4. The summed E-state index contributed by atoms with van der Waals surface area (Å²) in [7, 11) is 0. The minimum Gasteiger partial charge on any atom is -0.444 e. The molecule has 1 saturated heterocycles. The van der Waals surface area contributed by atoms with Crippen molar-refractivity contribution in [2.75, 3.05) is 6.54 Å². The van der Waals surface area contributed by atoms with E-state index in [1.165, 1.54) is 0 Å². The molecule has 1 aliphatic heterocycles. The van der Waals surface area contributed by atoms with Crippen molar-refractivity contribution in [3.63, 3.8) is 0 Å². The molecule has 1 rings (SSSR count). The molecular weight excluding hydrogens is 268 g/mol. The molecule has 120 valence electrons. The molecule has 0 aliphatic carbocycles. The van der Waals surface area contributed by atoms with Crippen molar-refractivity contribution in [3.05, 3.63) is 0 Å². The number of aliphatic imine (C=N–C) groups is 1. The monoisotopic (exact) mass is 296 g/mol. The summed E-state index contributed by atoms with van der Waals surface area (Å²) in [6.07, 6.45) is 3.07. The van der Waals surface area contributed by atoms with E-state index in [4.69, 9.17) is 4.74 Å². The zero-order valence-corrected chi connectivity index (χ0v) is 14.3. The van der Waals surface area contributed by atoms with Crippen LogP contribution in [0.15, 0.2) is 4.99 Å². The minimum atomic E-state index is -0.658. The second-order valence-electron chi connectivity index (χ2n) is 8.18. The van der Waals surface area contributed by atoms with E-state index in [-0.39, 0.29) is 17.6 Å². The van der Waals surface area contributed by atoms with Gasteiger partial charge in [-0.15, -0.1) is 0 Å². The highest BCUT2D eigenvalue weighted by Gasteiger charge is 2.44. The van der Waals surface area contributed by atoms with Gasteiger partial charge in [0, 0.05) is 6.54 Å². The second-order valence-corrected chi connectivity index (χ2v) is 8.18. The van der Waals surface area contributed by atoms with E-state index in [2.05, 4.69) is 18.8 Å². The molecule has 0 aromatic heterocycles. The first-order valence-electron chi connectivity index (χ1n) is 7.47. The summed E-state index contributed by atoms with van der Waals surface area (Å²) in [5.41, 5.74) is -1.16. The summed E-state index contributed by atoms with van der Waals surface area (Å²) >= 11 is 0. The molecule has 5 heteroatoms. The Morgan fingerprint density at radius 2 is 1.86 bits per heavy atom. The highest BCUT2D eigenvalue weighted by Crippen LogP contribution is 2.37. The Morgan fingerprint density at radius 3 is 2.33 bits per heavy atom. The van der Waals surface area contributed by atoms with Gasteiger partial charge in [-0.2, -0.15) is 4.99 Å². The van der Waals surface area contributed by atoms with Crippen LogP contribution in [0.1, 0.15) is 61.3 Å². The van der Waals surface area contributed by atoms with E-state index < -0.39 is 11.1 Å². The number of rotatable bonds is 2. The van der Waals surface area contributed by atoms with Crippen molar-refractivity contribution >= 4 is 12.2 Å². The van der Waals surface area contributed by atoms with Crippen molar-refractivity contribution in [2.24, 2.45) is 10.4 Å². The van der Waals surface area contributed by atoms with Crippen molar-refractivity contribution in [2.45, 2.75) is 78.5 Å². The maximum Gasteiger partial charge on any atom is 0.410 e. The molecule has 5 nitrogen and oxygen atoms in total. The third-order valence-electron chi connectivity index (χ3n) is 3.85. The predicted octanol–water partition coefficient (Wildman–Crippen LogP) is 3.53. The zero-order valence-electron chi connectivity index (χ0n) is 14.3. The van der Waals surface area contributed by atoms with Crippen molar-refractivity contribution in [1.82, 2.24) is 4.90 Å². The maximum absolute atomic E-state index is 12.5. The molecule has 0 bridgehead atoms. The average molecular weight is 296 g/mol. The SMILES string of the molecule is CC1(C)CCC(C(C)(C)N=C=O)N(C(=O)OC(C)(C)C)C1. The van der Waals surface area contributed by atoms with Gasteiger partial charge in [0.1, 0.15) is 5.60 Å². The number of isocyanates is 1. The van der Waals surface area contributed by atoms with E-state index in [0.717, 1.165) is 12.8 Å². The molecule has 0 aromatic rings. The standard InChI is InChI=1S/C16H28N2O3/c1-14(2,3)21-13(20)18-10-15(4,5)9-8-12(18)16(6,7)17-11-19/h12H,8-10H2,1-7H3. The van der Waals surface area contributed by atoms with Crippen LogP contribution in [0.4, 0.5) is 4.79 Å². The fraction of sp³-hybridized carbons (Fsp3) is 0.875. The quantitative estimate of drug-likeness (QED) is 0.578. The molecule has 1 heterocycles. The number of carbonyl (C=O) groups is 1. The first kappa shape index (κ1) is 17.7. The summed E-state index contributed by atoms with van der Waals surface area (Å²) in [6.45, 7) is 14.1. The Kier molecular flexibility index (Phi) is 4.89. The average Bonchev–Trinajstić information content (AvgIpc) is 2.24. The number of carbonyl (C=O) groups excluding carboxylic acids is 2. The Bertz CT molecular complexity index is 443. The smallest absolute Gasteiger partial charge is 0.410 e. The van der Waals surface area contributed by atoms with E-state index in [1.807, 2.05) is 34.6 Å². The third kappa shape index (κ3) is 4.85. The highest BCUT2D eigenvalue weighted by atomic mass is 16.6. The van der Waals surface area contributed by atoms with Crippen LogP contribution in [0.3, 0.4) is 0 Å². The molecule has 1 fully saturated rings. The summed E-state index contributed by atoms with van der Waals surface area (Å²) < 4.78 is 5.52. The predicted molar refractivity (Wildman–Crippen MR) is 81.9 cm³/mol. The number of hydrogen-bond acceptors (Lipinski definition) is 4. The van der Waals surface area contributed by atoms with Gasteiger partial charge < -0.3 is 9.64 Å². The Balaban J connectivity index is 3.05. The Labute approximate surface area is 127 Å². The molecule has 1 atom stereocenters. The molecule has 0 aromatic carbocycles. The Hall–Kier alpha value is -1.35. The molecule has 0 saturated carbocycles. The molecule has 0 N–H and O–H groups in total. The summed E-state index contributed by atoms with van der Waals surface area (Å²) in [5, 5.41) is 0. The maximum atomic E-state index is 12.5. The lowest BCUT2D eigenvalue weighted by Gasteiger charge is -2.47. The zero-order chi connectivity index (χ0) is 16.5. The van der Waals surface area contributed by atoms with Gasteiger partial charge in [-0.1, -0.05) is 13.8 Å². The van der Waals surface area contributed by atoms with Crippen LogP contribution in [0.5, 0.6) is 0 Å². The Morgan fingerprint density at radius 1 is 1.29 bits per heavy atom. The first-order valence-corrected chi connectivity index (χ1v) is 7.47. The van der Waals surface area contributed by atoms with Crippen molar-refractivity contribution in [3.8, 4) is 0 Å². The van der Waals surface area contributed by atoms with Crippen molar-refractivity contribution < 1.29 is 14.3 Å². The lowest BCUT2D eigenvalue weighted by atomic mass is 9.76. The van der Waals surface area contributed by atoms with Crippen LogP contribution in [-0.4, -0.2) is 40.8 Å². The molecule has 0 radical (unpaired) electrons. The molecule has 1 amide bonds. The van der Waals surface area contributed by atoms with E-state index in [9.17, 15) is 9.59 Å². The van der Waals surface area contributed by atoms with Gasteiger partial charge in [0.2, 0.25) is 6.08 Å². The third-order valence-corrected chi connectivity index (χ3v) is 3.85. The van der Waals surface area contributed by atoms with E-state index in [1.54, 1.807) is 11.0 Å². The molecule has 0 spiro atoms. The second kappa shape index (κ2) is 5.80. The number of piperidine rings is 1. The van der Waals surface area contributed by atoms with Gasteiger partial charge in [-0.05, 0) is 52.9 Å². The molecule has 21 heavy (non-hydrogen) atoms. The van der Waals surface area contributed by atoms with Crippen molar-refractivity contribution in [1.29, 1.82) is 0 Å². The number of likely N-dealkylation sites (tertiary alicyclic amines) is 1. The fourth-order valence-electron chi connectivity index (χ4n) is 2.77. The molecular formula is C16H28N2O3. The highest BCUT2D eigenvalue weighted by molar-refractivity contribution is 5.69. The lowest BCUT2D eigenvalue weighted by molar-refractivity contribution is -0.0187. The summed E-state index contributed by atoms with van der Waals surface area (Å²) in [4.78, 5) is 28.8. The largest absolute Gasteiger partial charge is 0.444 e. The van der Waals surface area contributed by atoms with Crippen LogP contribution in [0.25, 0.3) is 0 Å².